The summed E-state index contributed by atoms with van der Waals surface area (Å²) >= 11 is 6.81. The summed E-state index contributed by atoms with van der Waals surface area (Å²) in [6.45, 7) is 0. The van der Waals surface area contributed by atoms with Crippen LogP contribution in [0.1, 0.15) is 17.4 Å². The van der Waals surface area contributed by atoms with Crippen molar-refractivity contribution in [3.63, 3.8) is 0 Å². The fourth-order valence-corrected chi connectivity index (χ4v) is 3.24. The van der Waals surface area contributed by atoms with Crippen LogP contribution in [0.25, 0.3) is 5.70 Å². The molecule has 2 heterocycles. The van der Waals surface area contributed by atoms with Gasteiger partial charge >= 0.3 is 6.03 Å². The lowest BCUT2D eigenvalue weighted by atomic mass is 9.95. The molecular formula is C18H19N3O5S3. The normalized spacial score (nSPS) is 15.9. The molecule has 2 N–H and O–H groups in total. The second-order valence-corrected chi connectivity index (χ2v) is 8.85. The molecule has 2 aromatic rings. The summed E-state index contributed by atoms with van der Waals surface area (Å²) in [6, 6.07) is 8.49. The largest absolute Gasteiger partial charge is 0.463 e. The topological polar surface area (TPSA) is 114 Å². The highest BCUT2D eigenvalue weighted by atomic mass is 32.2. The van der Waals surface area contributed by atoms with E-state index in [0.29, 0.717) is 26.8 Å². The Kier molecular flexibility index (Phi) is 8.11. The van der Waals surface area contributed by atoms with Crippen LogP contribution < -0.4 is 10.6 Å². The molecule has 29 heavy (non-hydrogen) atoms. The van der Waals surface area contributed by atoms with E-state index in [1.165, 1.54) is 30.2 Å². The molecular weight excluding hydrogens is 434 g/mol. The number of nitro groups is 1. The first kappa shape index (κ1) is 22.8. The van der Waals surface area contributed by atoms with Gasteiger partial charge in [0.2, 0.25) is 0 Å². The number of hydrogen-bond acceptors (Lipinski definition) is 7. The maximum Gasteiger partial charge on any atom is 0.320 e. The molecule has 2 amide bonds. The van der Waals surface area contributed by atoms with Gasteiger partial charge in [-0.3, -0.25) is 14.3 Å². The number of nitro benzene ring substituents is 1. The number of non-ortho nitro benzene ring substituents is 1. The van der Waals surface area contributed by atoms with Crippen molar-refractivity contribution in [1.82, 2.24) is 10.6 Å². The lowest BCUT2D eigenvalue weighted by Crippen LogP contribution is -2.44. The minimum Gasteiger partial charge on any atom is -0.463 e. The predicted molar refractivity (Wildman–Crippen MR) is 119 cm³/mol. The molecule has 0 fully saturated rings. The van der Waals surface area contributed by atoms with Crippen molar-refractivity contribution in [2.24, 2.45) is 0 Å². The number of thiocarbonyl (C=S) groups is 1. The number of carbonyl (C=O) groups excluding carboxylic acids is 1. The molecule has 1 aromatic carbocycles. The van der Waals surface area contributed by atoms with Gasteiger partial charge in [-0.05, 0) is 24.0 Å². The number of carbonyl (C=O) groups is 1. The van der Waals surface area contributed by atoms with E-state index in [9.17, 15) is 19.1 Å². The van der Waals surface area contributed by atoms with Crippen LogP contribution in [0, 0.1) is 10.1 Å². The van der Waals surface area contributed by atoms with E-state index in [1.54, 1.807) is 36.8 Å². The summed E-state index contributed by atoms with van der Waals surface area (Å²) in [6.07, 6.45) is 6.61. The second kappa shape index (κ2) is 10.3. The zero-order chi connectivity index (χ0) is 21.6. The lowest BCUT2D eigenvalue weighted by Gasteiger charge is -2.29. The summed E-state index contributed by atoms with van der Waals surface area (Å²) < 4.78 is 15.5. The number of amides is 2. The maximum atomic E-state index is 12.1. The number of rotatable bonds is 4. The Morgan fingerprint density at radius 2 is 2.00 bits per heavy atom. The van der Waals surface area contributed by atoms with Crippen molar-refractivity contribution in [2.75, 3.05) is 18.8 Å². The Morgan fingerprint density at radius 3 is 2.55 bits per heavy atom. The van der Waals surface area contributed by atoms with Crippen molar-refractivity contribution < 1.29 is 18.3 Å². The summed E-state index contributed by atoms with van der Waals surface area (Å²) in [7, 11) is -0.611. The highest BCUT2D eigenvalue weighted by Gasteiger charge is 2.32. The summed E-state index contributed by atoms with van der Waals surface area (Å²) in [5.41, 5.74) is 1.61. The van der Waals surface area contributed by atoms with Crippen molar-refractivity contribution in [2.45, 2.75) is 6.04 Å². The van der Waals surface area contributed by atoms with E-state index in [-0.39, 0.29) is 5.69 Å². The number of furan rings is 1. The third-order valence-corrected chi connectivity index (χ3v) is 4.97. The van der Waals surface area contributed by atoms with Gasteiger partial charge in [-0.15, -0.1) is 11.8 Å². The molecule has 0 saturated carbocycles. The zero-order valence-corrected chi connectivity index (χ0v) is 18.3. The van der Waals surface area contributed by atoms with Crippen molar-refractivity contribution >= 4 is 56.4 Å². The molecule has 0 spiro atoms. The van der Waals surface area contributed by atoms with Gasteiger partial charge in [0, 0.05) is 41.0 Å². The second-order valence-electron chi connectivity index (χ2n) is 5.88. The van der Waals surface area contributed by atoms with E-state index in [4.69, 9.17) is 16.6 Å². The minimum atomic E-state index is -0.617. The van der Waals surface area contributed by atoms with Gasteiger partial charge in [0.1, 0.15) is 0 Å². The molecule has 0 aliphatic carbocycles. The van der Waals surface area contributed by atoms with E-state index in [0.717, 1.165) is 0 Å². The third kappa shape index (κ3) is 5.99. The molecule has 8 nitrogen and oxygen atoms in total. The molecule has 0 radical (unpaired) electrons. The molecule has 154 valence electrons. The first-order chi connectivity index (χ1) is 13.7. The molecule has 1 aromatic heterocycles. The van der Waals surface area contributed by atoms with Crippen LogP contribution in [-0.4, -0.2) is 38.1 Å². The van der Waals surface area contributed by atoms with Gasteiger partial charge in [-0.2, -0.15) is 0 Å². The lowest BCUT2D eigenvalue weighted by molar-refractivity contribution is -0.384. The van der Waals surface area contributed by atoms with Crippen LogP contribution in [0.4, 0.5) is 10.5 Å². The van der Waals surface area contributed by atoms with Crippen LogP contribution in [0.2, 0.25) is 0 Å². The number of nitrogens with zero attached hydrogens (tertiary/aromatic N) is 1. The van der Waals surface area contributed by atoms with Crippen molar-refractivity contribution in [1.29, 1.82) is 0 Å². The van der Waals surface area contributed by atoms with E-state index < -0.39 is 27.8 Å². The van der Waals surface area contributed by atoms with E-state index in [1.807, 2.05) is 6.26 Å². The molecule has 0 saturated heterocycles. The fraction of sp³-hybridized carbons (Fsp3) is 0.222. The van der Waals surface area contributed by atoms with E-state index in [2.05, 4.69) is 10.6 Å². The molecule has 1 atom stereocenters. The average Bonchev–Trinajstić information content (AvgIpc) is 3.21. The van der Waals surface area contributed by atoms with Crippen LogP contribution in [-0.2, 0) is 10.8 Å². The molecule has 3 rings (SSSR count). The Bertz CT molecular complexity index is 969. The first-order valence-corrected chi connectivity index (χ1v) is 11.8. The quantitative estimate of drug-likeness (QED) is 0.413. The fourth-order valence-electron chi connectivity index (χ4n) is 2.58. The van der Waals surface area contributed by atoms with Crippen molar-refractivity contribution in [3.8, 4) is 0 Å². The Balaban J connectivity index is 0.000000687. The monoisotopic (exact) mass is 453 g/mol. The number of urea groups is 1. The summed E-state index contributed by atoms with van der Waals surface area (Å²) in [4.78, 5) is 22.7. The number of thioether (sulfide) groups is 1. The highest BCUT2D eigenvalue weighted by Crippen LogP contribution is 2.35. The van der Waals surface area contributed by atoms with Gasteiger partial charge in [-0.25, -0.2) is 4.79 Å². The molecule has 1 aliphatic heterocycles. The molecule has 0 bridgehead atoms. The van der Waals surface area contributed by atoms with Crippen LogP contribution >= 0.6 is 24.0 Å². The van der Waals surface area contributed by atoms with Gasteiger partial charge in [0.05, 0.1) is 27.1 Å². The van der Waals surface area contributed by atoms with E-state index >= 15 is 0 Å². The first-order valence-electron chi connectivity index (χ1n) is 8.18. The Morgan fingerprint density at radius 1 is 1.31 bits per heavy atom. The van der Waals surface area contributed by atoms with Crippen LogP contribution in [0.3, 0.4) is 0 Å². The number of nitrogens with one attached hydrogen (secondary N) is 2. The van der Waals surface area contributed by atoms with Gasteiger partial charge in [-0.1, -0.05) is 24.4 Å². The summed E-state index contributed by atoms with van der Waals surface area (Å²) in [5, 5.41) is 16.6. The molecule has 1 aliphatic rings. The standard InChI is InChI=1S/C16H13N3O4S2.C2H6OS/c1-25-15(24)12-13(9-4-2-5-10(8-9)19(21)22)17-16(20)18-14(12)11-6-3-7-23-11;1-4(2)3/h2-8,13H,1H3,(H2,17,18,20);1-2H3/t13-;/m0./s1. The molecule has 11 heteroatoms. The number of hydrogen-bond donors (Lipinski definition) is 2. The highest BCUT2D eigenvalue weighted by molar-refractivity contribution is 8.23. The zero-order valence-electron chi connectivity index (χ0n) is 15.8. The minimum absolute atomic E-state index is 0.0562. The summed E-state index contributed by atoms with van der Waals surface area (Å²) in [5.74, 6) is 0.469. The van der Waals surface area contributed by atoms with Crippen molar-refractivity contribution in [3.05, 3.63) is 69.7 Å². The SMILES string of the molecule is CS(C)=O.CSC(=S)C1=C(c2ccco2)NC(=O)N[C@H]1c1cccc([N+](=O)[O-])c1. The Labute approximate surface area is 179 Å². The maximum absolute atomic E-state index is 12.1. The molecule has 0 unspecified atom stereocenters. The van der Waals surface area contributed by atoms with Crippen LogP contribution in [0.5, 0.6) is 0 Å². The number of benzene rings is 1. The third-order valence-electron chi connectivity index (χ3n) is 3.66. The van der Waals surface area contributed by atoms with Gasteiger partial charge in [0.25, 0.3) is 5.69 Å². The van der Waals surface area contributed by atoms with Gasteiger partial charge in [0.15, 0.2) is 5.76 Å². The smallest absolute Gasteiger partial charge is 0.320 e. The predicted octanol–water partition coefficient (Wildman–Crippen LogP) is 3.64. The average molecular weight is 454 g/mol. The Hall–Kier alpha value is -2.50. The van der Waals surface area contributed by atoms with Crippen LogP contribution in [0.15, 0.2) is 52.7 Å². The van der Waals surface area contributed by atoms with Gasteiger partial charge < -0.3 is 15.1 Å².